The van der Waals surface area contributed by atoms with Gasteiger partial charge in [-0.3, -0.25) is 0 Å². The quantitative estimate of drug-likeness (QED) is 0.542. The second-order valence-corrected chi connectivity index (χ2v) is 5.05. The van der Waals surface area contributed by atoms with E-state index in [0.29, 0.717) is 25.8 Å². The topological polar surface area (TPSA) is 26.0 Å². The van der Waals surface area contributed by atoms with Gasteiger partial charge in [0.2, 0.25) is 0 Å². The predicted octanol–water partition coefficient (Wildman–Crippen LogP) is 5.55. The van der Waals surface area contributed by atoms with Crippen LogP contribution in [-0.4, -0.2) is 0 Å². The molecule has 17 heavy (non-hydrogen) atoms. The van der Waals surface area contributed by atoms with Gasteiger partial charge >= 0.3 is 0 Å². The minimum Gasteiger partial charge on any atom is -0.398 e. The maximum Gasteiger partial charge on any atom is 0.0784 e. The zero-order valence-electron chi connectivity index (χ0n) is 8.48. The maximum atomic E-state index is 6.14. The summed E-state index contributed by atoms with van der Waals surface area (Å²) in [6.07, 6.45) is 0. The molecule has 2 rings (SSSR count). The van der Waals surface area contributed by atoms with Crippen LogP contribution < -0.4 is 5.73 Å². The Morgan fingerprint density at radius 2 is 1.41 bits per heavy atom. The summed E-state index contributed by atoms with van der Waals surface area (Å²) in [6, 6.07) is 8.65. The monoisotopic (exact) mass is 305 g/mol. The molecular weight excluding hydrogens is 300 g/mol. The van der Waals surface area contributed by atoms with Gasteiger partial charge in [0.15, 0.2) is 0 Å². The fraction of sp³-hybridized carbons (Fsp3) is 0. The van der Waals surface area contributed by atoms with Crippen LogP contribution in [0.15, 0.2) is 30.3 Å². The van der Waals surface area contributed by atoms with E-state index >= 15 is 0 Å². The minimum absolute atomic E-state index is 0.320. The standard InChI is InChI=1S/C12H7Cl4N/c13-6-1-2-7(10(17)5-6)8-3-4-9(14)12(16)11(8)15/h1-5H,17H2. The fourth-order valence-electron chi connectivity index (χ4n) is 1.51. The van der Waals surface area contributed by atoms with E-state index < -0.39 is 0 Å². The molecule has 2 N–H and O–H groups in total. The highest BCUT2D eigenvalue weighted by atomic mass is 35.5. The molecule has 0 heterocycles. The normalized spacial score (nSPS) is 10.6. The van der Waals surface area contributed by atoms with Gasteiger partial charge in [-0.15, -0.1) is 0 Å². The number of nitrogens with two attached hydrogens (primary N) is 1. The molecular formula is C12H7Cl4N. The van der Waals surface area contributed by atoms with Gasteiger partial charge in [0, 0.05) is 21.8 Å². The highest BCUT2D eigenvalue weighted by Gasteiger charge is 2.12. The molecule has 0 fully saturated rings. The van der Waals surface area contributed by atoms with E-state index in [2.05, 4.69) is 0 Å². The first-order valence-corrected chi connectivity index (χ1v) is 6.21. The molecule has 0 aromatic heterocycles. The predicted molar refractivity (Wildman–Crippen MR) is 76.3 cm³/mol. The van der Waals surface area contributed by atoms with Gasteiger partial charge in [-0.05, 0) is 18.2 Å². The molecule has 0 amide bonds. The lowest BCUT2D eigenvalue weighted by molar-refractivity contribution is 1.61. The largest absolute Gasteiger partial charge is 0.398 e. The molecule has 5 heteroatoms. The zero-order chi connectivity index (χ0) is 12.6. The van der Waals surface area contributed by atoms with E-state index in [4.69, 9.17) is 52.1 Å². The number of benzene rings is 2. The van der Waals surface area contributed by atoms with Crippen LogP contribution in [0.3, 0.4) is 0 Å². The Labute approximate surface area is 119 Å². The third-order valence-corrected chi connectivity index (χ3v) is 3.87. The van der Waals surface area contributed by atoms with E-state index in [1.54, 1.807) is 30.3 Å². The van der Waals surface area contributed by atoms with Crippen molar-refractivity contribution in [2.75, 3.05) is 5.73 Å². The van der Waals surface area contributed by atoms with Crippen molar-refractivity contribution in [3.8, 4) is 11.1 Å². The molecule has 0 aliphatic heterocycles. The Bertz CT molecular complexity index is 581. The van der Waals surface area contributed by atoms with Crippen LogP contribution in [0, 0.1) is 0 Å². The smallest absolute Gasteiger partial charge is 0.0784 e. The Kier molecular flexibility index (Phi) is 3.74. The Balaban J connectivity index is 2.65. The zero-order valence-corrected chi connectivity index (χ0v) is 11.5. The van der Waals surface area contributed by atoms with Crippen LogP contribution in [0.1, 0.15) is 0 Å². The second kappa shape index (κ2) is 4.95. The summed E-state index contributed by atoms with van der Waals surface area (Å²) in [6.45, 7) is 0. The summed E-state index contributed by atoms with van der Waals surface area (Å²) >= 11 is 23.8. The Hall–Kier alpha value is -0.600. The lowest BCUT2D eigenvalue weighted by Crippen LogP contribution is -1.91. The number of anilines is 1. The lowest BCUT2D eigenvalue weighted by atomic mass is 10.0. The van der Waals surface area contributed by atoms with E-state index in [-0.39, 0.29) is 0 Å². The minimum atomic E-state index is 0.320. The van der Waals surface area contributed by atoms with Crippen LogP contribution in [-0.2, 0) is 0 Å². The summed E-state index contributed by atoms with van der Waals surface area (Å²) in [5.41, 5.74) is 7.94. The number of hydrogen-bond acceptors (Lipinski definition) is 1. The molecule has 0 spiro atoms. The highest BCUT2D eigenvalue weighted by molar-refractivity contribution is 6.49. The highest BCUT2D eigenvalue weighted by Crippen LogP contribution is 2.40. The summed E-state index contributed by atoms with van der Waals surface area (Å²) < 4.78 is 0. The van der Waals surface area contributed by atoms with Crippen molar-refractivity contribution in [3.63, 3.8) is 0 Å². The molecule has 0 atom stereocenters. The fourth-order valence-corrected chi connectivity index (χ4v) is 2.33. The molecule has 1 nitrogen and oxygen atoms in total. The SMILES string of the molecule is Nc1cc(Cl)ccc1-c1ccc(Cl)c(Cl)c1Cl. The molecule has 0 aliphatic rings. The number of hydrogen-bond donors (Lipinski definition) is 1. The van der Waals surface area contributed by atoms with Crippen LogP contribution in [0.2, 0.25) is 20.1 Å². The van der Waals surface area contributed by atoms with Gasteiger partial charge in [-0.1, -0.05) is 58.5 Å². The first-order chi connectivity index (χ1) is 8.00. The Morgan fingerprint density at radius 3 is 2.06 bits per heavy atom. The third-order valence-electron chi connectivity index (χ3n) is 2.34. The summed E-state index contributed by atoms with van der Waals surface area (Å²) in [7, 11) is 0. The number of rotatable bonds is 1. The molecule has 0 saturated heterocycles. The molecule has 2 aromatic carbocycles. The number of nitrogen functional groups attached to an aromatic ring is 1. The molecule has 88 valence electrons. The van der Waals surface area contributed by atoms with Crippen molar-refractivity contribution < 1.29 is 0 Å². The molecule has 0 radical (unpaired) electrons. The van der Waals surface area contributed by atoms with E-state index in [1.165, 1.54) is 0 Å². The second-order valence-electron chi connectivity index (χ2n) is 3.45. The van der Waals surface area contributed by atoms with Crippen molar-refractivity contribution in [2.45, 2.75) is 0 Å². The first-order valence-electron chi connectivity index (χ1n) is 4.69. The molecule has 0 unspecified atom stereocenters. The van der Waals surface area contributed by atoms with Gasteiger partial charge in [0.25, 0.3) is 0 Å². The van der Waals surface area contributed by atoms with Crippen LogP contribution in [0.4, 0.5) is 5.69 Å². The van der Waals surface area contributed by atoms with Crippen molar-refractivity contribution in [2.24, 2.45) is 0 Å². The summed E-state index contributed by atoms with van der Waals surface area (Å²) in [5, 5.41) is 1.68. The van der Waals surface area contributed by atoms with Gasteiger partial charge in [0.05, 0.1) is 15.1 Å². The van der Waals surface area contributed by atoms with Crippen LogP contribution in [0.25, 0.3) is 11.1 Å². The summed E-state index contributed by atoms with van der Waals surface area (Å²) in [4.78, 5) is 0. The first kappa shape index (κ1) is 12.8. The van der Waals surface area contributed by atoms with E-state index in [0.717, 1.165) is 11.1 Å². The van der Waals surface area contributed by atoms with Gasteiger partial charge in [-0.25, -0.2) is 0 Å². The van der Waals surface area contributed by atoms with Crippen molar-refractivity contribution in [1.29, 1.82) is 0 Å². The van der Waals surface area contributed by atoms with Gasteiger partial charge < -0.3 is 5.73 Å². The molecule has 2 aromatic rings. The molecule has 0 bridgehead atoms. The average Bonchev–Trinajstić information content (AvgIpc) is 2.28. The van der Waals surface area contributed by atoms with Crippen LogP contribution >= 0.6 is 46.4 Å². The van der Waals surface area contributed by atoms with E-state index in [9.17, 15) is 0 Å². The van der Waals surface area contributed by atoms with Crippen LogP contribution in [0.5, 0.6) is 0 Å². The van der Waals surface area contributed by atoms with Crippen molar-refractivity contribution >= 4 is 52.1 Å². The van der Waals surface area contributed by atoms with E-state index in [1.807, 2.05) is 0 Å². The number of halogens is 4. The van der Waals surface area contributed by atoms with Crippen molar-refractivity contribution in [1.82, 2.24) is 0 Å². The van der Waals surface area contributed by atoms with Crippen molar-refractivity contribution in [3.05, 3.63) is 50.4 Å². The lowest BCUT2D eigenvalue weighted by Gasteiger charge is -2.10. The van der Waals surface area contributed by atoms with Gasteiger partial charge in [0.1, 0.15) is 0 Å². The van der Waals surface area contributed by atoms with Gasteiger partial charge in [-0.2, -0.15) is 0 Å². The summed E-state index contributed by atoms with van der Waals surface area (Å²) in [5.74, 6) is 0. The molecule has 0 saturated carbocycles. The molecule has 0 aliphatic carbocycles. The maximum absolute atomic E-state index is 6.14. The Morgan fingerprint density at radius 1 is 0.765 bits per heavy atom. The average molecular weight is 307 g/mol. The third kappa shape index (κ3) is 2.48.